The minimum Gasteiger partial charge on any atom is -0.444 e. The molecule has 1 aromatic carbocycles. The fourth-order valence-electron chi connectivity index (χ4n) is 1.69. The number of ether oxygens (including phenoxy) is 1. The Morgan fingerprint density at radius 3 is 2.16 bits per heavy atom. The van der Waals surface area contributed by atoms with E-state index in [1.54, 1.807) is 34.6 Å². The van der Waals surface area contributed by atoms with Gasteiger partial charge in [-0.3, -0.25) is 0 Å². The number of amides is 1. The number of hydrogen-bond acceptors (Lipinski definition) is 3. The summed E-state index contributed by atoms with van der Waals surface area (Å²) in [7, 11) is 0. The molecule has 0 radical (unpaired) electrons. The zero-order chi connectivity index (χ0) is 14.7. The number of rotatable bonds is 3. The molecule has 1 amide bonds. The number of alkyl carbamates (subject to hydrolysis) is 1. The Bertz CT molecular complexity index is 421. The highest BCUT2D eigenvalue weighted by Crippen LogP contribution is 2.25. The first-order valence-corrected chi connectivity index (χ1v) is 6.36. The molecule has 1 rings (SSSR count). The predicted octanol–water partition coefficient (Wildman–Crippen LogP) is 3.02. The summed E-state index contributed by atoms with van der Waals surface area (Å²) in [5.74, 6) is 0. The first kappa shape index (κ1) is 15.5. The van der Waals surface area contributed by atoms with Gasteiger partial charge in [-0.15, -0.1) is 0 Å². The van der Waals surface area contributed by atoms with Crippen molar-refractivity contribution in [1.82, 2.24) is 5.32 Å². The highest BCUT2D eigenvalue weighted by Gasteiger charge is 2.32. The van der Waals surface area contributed by atoms with E-state index in [4.69, 9.17) is 4.74 Å². The monoisotopic (exact) mass is 265 g/mol. The van der Waals surface area contributed by atoms with E-state index in [0.29, 0.717) is 0 Å². The molecule has 1 aromatic rings. The molecule has 1 atom stereocenters. The van der Waals surface area contributed by atoms with E-state index in [2.05, 4.69) is 5.32 Å². The summed E-state index contributed by atoms with van der Waals surface area (Å²) in [5.41, 5.74) is -0.620. The number of hydrogen-bond donors (Lipinski definition) is 2. The molecular weight excluding hydrogens is 242 g/mol. The first-order chi connectivity index (χ1) is 8.62. The van der Waals surface area contributed by atoms with Crippen LogP contribution in [0.3, 0.4) is 0 Å². The summed E-state index contributed by atoms with van der Waals surface area (Å²) in [6, 6.07) is 9.22. The number of aliphatic hydroxyl groups is 1. The van der Waals surface area contributed by atoms with Crippen molar-refractivity contribution in [2.45, 2.75) is 51.9 Å². The predicted molar refractivity (Wildman–Crippen MR) is 74.9 cm³/mol. The van der Waals surface area contributed by atoms with Gasteiger partial charge < -0.3 is 15.2 Å². The van der Waals surface area contributed by atoms with E-state index in [1.165, 1.54) is 0 Å². The van der Waals surface area contributed by atoms with Gasteiger partial charge in [-0.2, -0.15) is 0 Å². The molecule has 0 saturated heterocycles. The van der Waals surface area contributed by atoms with Crippen LogP contribution in [0.2, 0.25) is 0 Å². The summed E-state index contributed by atoms with van der Waals surface area (Å²) in [4.78, 5) is 11.8. The van der Waals surface area contributed by atoms with Gasteiger partial charge in [0.1, 0.15) is 11.7 Å². The van der Waals surface area contributed by atoms with Crippen LogP contribution in [-0.2, 0) is 4.74 Å². The van der Waals surface area contributed by atoms with E-state index in [9.17, 15) is 9.90 Å². The van der Waals surface area contributed by atoms with E-state index in [0.717, 1.165) is 5.56 Å². The molecule has 0 bridgehead atoms. The van der Waals surface area contributed by atoms with Crippen molar-refractivity contribution in [3.63, 3.8) is 0 Å². The number of carbonyl (C=O) groups is 1. The standard InChI is InChI=1S/C15H23NO3/c1-14(2,3)19-13(18)16-15(4,5)12(17)11-9-7-6-8-10-11/h6-10,12,17H,1-5H3,(H,16,18). The molecule has 0 spiro atoms. The van der Waals surface area contributed by atoms with Gasteiger partial charge in [-0.1, -0.05) is 30.3 Å². The Labute approximate surface area is 114 Å². The second-order valence-corrected chi connectivity index (χ2v) is 6.16. The fraction of sp³-hybridized carbons (Fsp3) is 0.533. The van der Waals surface area contributed by atoms with Crippen LogP contribution in [0.15, 0.2) is 30.3 Å². The number of carbonyl (C=O) groups excluding carboxylic acids is 1. The fourth-order valence-corrected chi connectivity index (χ4v) is 1.69. The van der Waals surface area contributed by atoms with Gasteiger partial charge >= 0.3 is 6.09 Å². The maximum atomic E-state index is 11.8. The quantitative estimate of drug-likeness (QED) is 0.883. The average Bonchev–Trinajstić information content (AvgIpc) is 2.25. The van der Waals surface area contributed by atoms with Gasteiger partial charge in [0.15, 0.2) is 0 Å². The highest BCUT2D eigenvalue weighted by molar-refractivity contribution is 5.68. The molecule has 0 aliphatic rings. The van der Waals surface area contributed by atoms with Crippen molar-refractivity contribution in [2.75, 3.05) is 0 Å². The molecule has 0 aliphatic heterocycles. The SMILES string of the molecule is CC(C)(C)OC(=O)NC(C)(C)C(O)c1ccccc1. The van der Waals surface area contributed by atoms with Gasteiger partial charge in [0.05, 0.1) is 5.54 Å². The number of benzene rings is 1. The van der Waals surface area contributed by atoms with Crippen LogP contribution in [0, 0.1) is 0 Å². The second kappa shape index (κ2) is 5.61. The molecule has 0 aliphatic carbocycles. The number of aliphatic hydroxyl groups excluding tert-OH is 1. The molecule has 4 nitrogen and oxygen atoms in total. The van der Waals surface area contributed by atoms with Gasteiger partial charge in [-0.25, -0.2) is 4.79 Å². The third kappa shape index (κ3) is 4.91. The molecule has 0 heterocycles. The Morgan fingerprint density at radius 1 is 1.16 bits per heavy atom. The van der Waals surface area contributed by atoms with Crippen LogP contribution in [0.1, 0.15) is 46.3 Å². The van der Waals surface area contributed by atoms with Crippen molar-refractivity contribution >= 4 is 6.09 Å². The third-order valence-electron chi connectivity index (χ3n) is 2.62. The molecular formula is C15H23NO3. The van der Waals surface area contributed by atoms with Crippen molar-refractivity contribution in [3.8, 4) is 0 Å². The van der Waals surface area contributed by atoms with E-state index < -0.39 is 23.3 Å². The summed E-state index contributed by atoms with van der Waals surface area (Å²) in [6.07, 6.45) is -1.34. The Balaban J connectivity index is 2.73. The lowest BCUT2D eigenvalue weighted by Crippen LogP contribution is -2.49. The number of nitrogens with one attached hydrogen (secondary N) is 1. The van der Waals surface area contributed by atoms with E-state index in [1.807, 2.05) is 30.3 Å². The molecule has 0 saturated carbocycles. The zero-order valence-electron chi connectivity index (χ0n) is 12.2. The molecule has 106 valence electrons. The Hall–Kier alpha value is -1.55. The molecule has 2 N–H and O–H groups in total. The lowest BCUT2D eigenvalue weighted by molar-refractivity contribution is 0.0291. The summed E-state index contributed by atoms with van der Waals surface area (Å²) in [5, 5.41) is 13.0. The smallest absolute Gasteiger partial charge is 0.408 e. The van der Waals surface area contributed by atoms with Crippen molar-refractivity contribution in [1.29, 1.82) is 0 Å². The third-order valence-corrected chi connectivity index (χ3v) is 2.62. The molecule has 0 fully saturated rings. The van der Waals surface area contributed by atoms with Gasteiger partial charge in [0.2, 0.25) is 0 Å². The van der Waals surface area contributed by atoms with Crippen LogP contribution in [0.25, 0.3) is 0 Å². The maximum Gasteiger partial charge on any atom is 0.408 e. The van der Waals surface area contributed by atoms with E-state index >= 15 is 0 Å². The summed E-state index contributed by atoms with van der Waals surface area (Å²) in [6.45, 7) is 8.91. The minimum atomic E-state index is -0.816. The topological polar surface area (TPSA) is 58.6 Å². The van der Waals surface area contributed by atoms with Crippen LogP contribution in [0.4, 0.5) is 4.79 Å². The van der Waals surface area contributed by atoms with Gasteiger partial charge in [0, 0.05) is 0 Å². The second-order valence-electron chi connectivity index (χ2n) is 6.16. The van der Waals surface area contributed by atoms with Gasteiger partial charge in [-0.05, 0) is 40.2 Å². The normalized spacial score (nSPS) is 13.8. The van der Waals surface area contributed by atoms with Crippen LogP contribution >= 0.6 is 0 Å². The average molecular weight is 265 g/mol. The maximum absolute atomic E-state index is 11.8. The summed E-state index contributed by atoms with van der Waals surface area (Å²) < 4.78 is 5.20. The first-order valence-electron chi connectivity index (χ1n) is 6.36. The highest BCUT2D eigenvalue weighted by atomic mass is 16.6. The van der Waals surface area contributed by atoms with Crippen LogP contribution in [-0.4, -0.2) is 22.3 Å². The van der Waals surface area contributed by atoms with Crippen molar-refractivity contribution in [3.05, 3.63) is 35.9 Å². The van der Waals surface area contributed by atoms with E-state index in [-0.39, 0.29) is 0 Å². The minimum absolute atomic E-state index is 0.535. The lowest BCUT2D eigenvalue weighted by Gasteiger charge is -2.33. The van der Waals surface area contributed by atoms with Crippen molar-refractivity contribution in [2.24, 2.45) is 0 Å². The molecule has 1 unspecified atom stereocenters. The van der Waals surface area contributed by atoms with Crippen LogP contribution in [0.5, 0.6) is 0 Å². The van der Waals surface area contributed by atoms with Crippen molar-refractivity contribution < 1.29 is 14.6 Å². The van der Waals surface area contributed by atoms with Gasteiger partial charge in [0.25, 0.3) is 0 Å². The molecule has 19 heavy (non-hydrogen) atoms. The lowest BCUT2D eigenvalue weighted by atomic mass is 9.91. The summed E-state index contributed by atoms with van der Waals surface area (Å²) >= 11 is 0. The van der Waals surface area contributed by atoms with Crippen LogP contribution < -0.4 is 5.32 Å². The molecule has 0 aromatic heterocycles. The Morgan fingerprint density at radius 2 is 1.68 bits per heavy atom. The zero-order valence-corrected chi connectivity index (χ0v) is 12.2. The Kier molecular flexibility index (Phi) is 4.58. The largest absolute Gasteiger partial charge is 0.444 e. The molecule has 4 heteroatoms.